The first-order valence-electron chi connectivity index (χ1n) is 3.96. The lowest BCUT2D eigenvalue weighted by atomic mass is 10.6. The van der Waals surface area contributed by atoms with E-state index in [0.717, 1.165) is 5.69 Å². The summed E-state index contributed by atoms with van der Waals surface area (Å²) in [5.74, 6) is 0.144. The molecule has 0 unspecified atom stereocenters. The molecule has 1 N–H and O–H groups in total. The lowest BCUT2D eigenvalue weighted by Crippen LogP contribution is -2.15. The second-order valence-electron chi connectivity index (χ2n) is 2.71. The Kier molecular flexibility index (Phi) is 3.27. The molecular weight excluding hydrogens is 208 g/mol. The Morgan fingerprint density at radius 1 is 1.62 bits per heavy atom. The molecule has 0 aliphatic rings. The molecule has 0 radical (unpaired) electrons. The fraction of sp³-hybridized carbons (Fsp3) is 0.571. The van der Waals surface area contributed by atoms with Crippen molar-refractivity contribution in [3.05, 3.63) is 11.1 Å². The molecular formula is C7H12N2O2S2. The van der Waals surface area contributed by atoms with Crippen molar-refractivity contribution < 1.29 is 8.42 Å². The van der Waals surface area contributed by atoms with Crippen LogP contribution in [0.4, 0.5) is 5.13 Å². The van der Waals surface area contributed by atoms with Gasteiger partial charge in [0.25, 0.3) is 0 Å². The van der Waals surface area contributed by atoms with Gasteiger partial charge in [0.1, 0.15) is 0 Å². The number of nitrogens with zero attached hydrogens (tertiary/aromatic N) is 1. The first-order chi connectivity index (χ1) is 6.03. The maximum absolute atomic E-state index is 11.3. The van der Waals surface area contributed by atoms with Gasteiger partial charge >= 0.3 is 0 Å². The van der Waals surface area contributed by atoms with E-state index in [9.17, 15) is 8.42 Å². The first-order valence-corrected chi connectivity index (χ1v) is 6.49. The largest absolute Gasteiger partial charge is 0.259 e. The monoisotopic (exact) mass is 220 g/mol. The SMILES string of the molecule is CCCS(=O)(=O)Nc1nc(C)cs1. The molecule has 6 heteroatoms. The summed E-state index contributed by atoms with van der Waals surface area (Å²) in [7, 11) is -3.17. The number of nitrogens with one attached hydrogen (secondary N) is 1. The van der Waals surface area contributed by atoms with E-state index in [2.05, 4.69) is 9.71 Å². The normalized spacial score (nSPS) is 11.5. The molecule has 0 aliphatic heterocycles. The highest BCUT2D eigenvalue weighted by molar-refractivity contribution is 7.92. The molecule has 13 heavy (non-hydrogen) atoms. The smallest absolute Gasteiger partial charge is 0.234 e. The molecule has 0 bridgehead atoms. The zero-order valence-corrected chi connectivity index (χ0v) is 9.20. The summed E-state index contributed by atoms with van der Waals surface area (Å²) in [6.45, 7) is 3.65. The van der Waals surface area contributed by atoms with Gasteiger partial charge in [0.05, 0.1) is 11.4 Å². The fourth-order valence-corrected chi connectivity index (χ4v) is 2.91. The molecule has 0 amide bonds. The minimum atomic E-state index is -3.17. The highest BCUT2D eigenvalue weighted by Gasteiger charge is 2.10. The minimum Gasteiger partial charge on any atom is -0.259 e. The van der Waals surface area contributed by atoms with Gasteiger partial charge in [-0.2, -0.15) is 0 Å². The average Bonchev–Trinajstić information content (AvgIpc) is 2.34. The maximum Gasteiger partial charge on any atom is 0.234 e. The van der Waals surface area contributed by atoms with Crippen LogP contribution in [-0.4, -0.2) is 19.2 Å². The van der Waals surface area contributed by atoms with E-state index < -0.39 is 10.0 Å². The third-order valence-corrected chi connectivity index (χ3v) is 3.79. The van der Waals surface area contributed by atoms with E-state index >= 15 is 0 Å². The van der Waals surface area contributed by atoms with E-state index in [0.29, 0.717) is 11.6 Å². The fourth-order valence-electron chi connectivity index (χ4n) is 0.854. The number of rotatable bonds is 4. The number of thiazole rings is 1. The number of aromatic nitrogens is 1. The van der Waals surface area contributed by atoms with Crippen LogP contribution in [0.2, 0.25) is 0 Å². The molecule has 0 fully saturated rings. The Morgan fingerprint density at radius 3 is 2.77 bits per heavy atom. The predicted octanol–water partition coefficient (Wildman–Crippen LogP) is 1.60. The summed E-state index contributed by atoms with van der Waals surface area (Å²) in [4.78, 5) is 4.01. The van der Waals surface area contributed by atoms with Crippen molar-refractivity contribution in [3.8, 4) is 0 Å². The highest BCUT2D eigenvalue weighted by atomic mass is 32.2. The van der Waals surface area contributed by atoms with E-state index in [1.807, 2.05) is 19.2 Å². The Balaban J connectivity index is 2.69. The lowest BCUT2D eigenvalue weighted by Gasteiger charge is -2.01. The molecule has 1 aromatic heterocycles. The van der Waals surface area contributed by atoms with Crippen LogP contribution in [0.3, 0.4) is 0 Å². The van der Waals surface area contributed by atoms with Gasteiger partial charge in [-0.1, -0.05) is 6.92 Å². The minimum absolute atomic E-state index is 0.144. The molecule has 1 rings (SSSR count). The van der Waals surface area contributed by atoms with Crippen LogP contribution < -0.4 is 4.72 Å². The summed E-state index contributed by atoms with van der Waals surface area (Å²) in [6.07, 6.45) is 0.611. The van der Waals surface area contributed by atoms with Crippen LogP contribution >= 0.6 is 11.3 Å². The Morgan fingerprint density at radius 2 is 2.31 bits per heavy atom. The van der Waals surface area contributed by atoms with Gasteiger partial charge in [0, 0.05) is 5.38 Å². The molecule has 0 spiro atoms. The third kappa shape index (κ3) is 3.31. The number of anilines is 1. The van der Waals surface area contributed by atoms with Gasteiger partial charge in [-0.05, 0) is 13.3 Å². The zero-order valence-electron chi connectivity index (χ0n) is 7.57. The Labute approximate surface area is 82.1 Å². The summed E-state index contributed by atoms with van der Waals surface area (Å²) >= 11 is 1.30. The summed E-state index contributed by atoms with van der Waals surface area (Å²) < 4.78 is 24.9. The first kappa shape index (κ1) is 10.5. The highest BCUT2D eigenvalue weighted by Crippen LogP contribution is 2.15. The molecule has 0 atom stereocenters. The van der Waals surface area contributed by atoms with Gasteiger partial charge < -0.3 is 0 Å². The van der Waals surface area contributed by atoms with Crippen molar-refractivity contribution in [1.29, 1.82) is 0 Å². The van der Waals surface area contributed by atoms with Gasteiger partial charge in [0.2, 0.25) is 10.0 Å². The molecule has 1 aromatic rings. The number of sulfonamides is 1. The average molecular weight is 220 g/mol. The molecule has 0 aromatic carbocycles. The summed E-state index contributed by atoms with van der Waals surface area (Å²) in [5.41, 5.74) is 0.833. The van der Waals surface area contributed by atoms with E-state index in [1.165, 1.54) is 11.3 Å². The number of aryl methyl sites for hydroxylation is 1. The standard InChI is InChI=1S/C7H12N2O2S2/c1-3-4-13(10,11)9-7-8-6(2)5-12-7/h5H,3-4H2,1-2H3,(H,8,9). The van der Waals surface area contributed by atoms with Crippen LogP contribution in [0.15, 0.2) is 5.38 Å². The van der Waals surface area contributed by atoms with Gasteiger partial charge in [-0.25, -0.2) is 13.4 Å². The van der Waals surface area contributed by atoms with E-state index in [4.69, 9.17) is 0 Å². The van der Waals surface area contributed by atoms with E-state index in [1.54, 1.807) is 0 Å². The molecule has 0 aliphatic carbocycles. The van der Waals surface area contributed by atoms with Crippen LogP contribution in [-0.2, 0) is 10.0 Å². The van der Waals surface area contributed by atoms with Crippen molar-refractivity contribution in [2.75, 3.05) is 10.5 Å². The number of hydrogen-bond acceptors (Lipinski definition) is 4. The third-order valence-electron chi connectivity index (χ3n) is 1.33. The van der Waals surface area contributed by atoms with Crippen molar-refractivity contribution >= 4 is 26.5 Å². The second-order valence-corrected chi connectivity index (χ2v) is 5.41. The molecule has 4 nitrogen and oxygen atoms in total. The van der Waals surface area contributed by atoms with Gasteiger partial charge in [-0.15, -0.1) is 11.3 Å². The molecule has 1 heterocycles. The Bertz CT molecular complexity index is 370. The van der Waals surface area contributed by atoms with Crippen molar-refractivity contribution in [1.82, 2.24) is 4.98 Å². The van der Waals surface area contributed by atoms with E-state index in [-0.39, 0.29) is 5.75 Å². The van der Waals surface area contributed by atoms with Crippen molar-refractivity contribution in [2.45, 2.75) is 20.3 Å². The zero-order chi connectivity index (χ0) is 9.90. The molecule has 0 saturated carbocycles. The quantitative estimate of drug-likeness (QED) is 0.838. The van der Waals surface area contributed by atoms with Crippen LogP contribution in [0, 0.1) is 6.92 Å². The molecule has 0 saturated heterocycles. The van der Waals surface area contributed by atoms with Crippen LogP contribution in [0.5, 0.6) is 0 Å². The number of hydrogen-bond donors (Lipinski definition) is 1. The van der Waals surface area contributed by atoms with Crippen molar-refractivity contribution in [2.24, 2.45) is 0 Å². The predicted molar refractivity (Wildman–Crippen MR) is 54.6 cm³/mol. The van der Waals surface area contributed by atoms with Crippen LogP contribution in [0.1, 0.15) is 19.0 Å². The molecule has 74 valence electrons. The summed E-state index contributed by atoms with van der Waals surface area (Å²) in [6, 6.07) is 0. The summed E-state index contributed by atoms with van der Waals surface area (Å²) in [5, 5.41) is 2.26. The second kappa shape index (κ2) is 4.06. The topological polar surface area (TPSA) is 59.1 Å². The van der Waals surface area contributed by atoms with Gasteiger partial charge in [-0.3, -0.25) is 4.72 Å². The lowest BCUT2D eigenvalue weighted by molar-refractivity contribution is 0.600. The van der Waals surface area contributed by atoms with Crippen LogP contribution in [0.25, 0.3) is 0 Å². The van der Waals surface area contributed by atoms with Crippen molar-refractivity contribution in [3.63, 3.8) is 0 Å². The van der Waals surface area contributed by atoms with Gasteiger partial charge in [0.15, 0.2) is 5.13 Å². The Hall–Kier alpha value is -0.620. The maximum atomic E-state index is 11.3.